The van der Waals surface area contributed by atoms with Gasteiger partial charge in [-0.3, -0.25) is 4.79 Å². The van der Waals surface area contributed by atoms with E-state index >= 15 is 0 Å². The summed E-state index contributed by atoms with van der Waals surface area (Å²) >= 11 is 0. The van der Waals surface area contributed by atoms with Gasteiger partial charge in [-0.25, -0.2) is 0 Å². The number of hydrogen-bond acceptors (Lipinski definition) is 3. The van der Waals surface area contributed by atoms with Crippen molar-refractivity contribution < 1.29 is 9.21 Å². The molecule has 114 valence electrons. The highest BCUT2D eigenvalue weighted by atomic mass is 16.3. The lowest BCUT2D eigenvalue weighted by molar-refractivity contribution is -0.145. The van der Waals surface area contributed by atoms with Crippen LogP contribution in [0.15, 0.2) is 16.5 Å². The van der Waals surface area contributed by atoms with Crippen LogP contribution >= 0.6 is 0 Å². The molecule has 1 amide bonds. The van der Waals surface area contributed by atoms with Gasteiger partial charge < -0.3 is 15.1 Å². The molecule has 1 rings (SSSR count). The van der Waals surface area contributed by atoms with Crippen LogP contribution in [0.25, 0.3) is 0 Å². The van der Waals surface area contributed by atoms with Crippen LogP contribution in [0.1, 0.15) is 52.1 Å². The highest BCUT2D eigenvalue weighted by molar-refractivity contribution is 5.83. The summed E-state index contributed by atoms with van der Waals surface area (Å²) in [4.78, 5) is 14.8. The van der Waals surface area contributed by atoms with E-state index < -0.39 is 5.41 Å². The number of amides is 1. The Hall–Kier alpha value is -1.29. The number of furan rings is 1. The summed E-state index contributed by atoms with van der Waals surface area (Å²) < 4.78 is 5.60. The van der Waals surface area contributed by atoms with Gasteiger partial charge in [-0.05, 0) is 45.7 Å². The van der Waals surface area contributed by atoms with Crippen molar-refractivity contribution >= 4 is 5.91 Å². The van der Waals surface area contributed by atoms with Crippen molar-refractivity contribution in [2.75, 3.05) is 6.54 Å². The van der Waals surface area contributed by atoms with E-state index in [0.717, 1.165) is 24.4 Å². The Morgan fingerprint density at radius 3 is 2.30 bits per heavy atom. The van der Waals surface area contributed by atoms with E-state index in [9.17, 15) is 4.79 Å². The third kappa shape index (κ3) is 3.42. The summed E-state index contributed by atoms with van der Waals surface area (Å²) in [7, 11) is 0. The smallest absolute Gasteiger partial charge is 0.230 e. The molecule has 0 aliphatic rings. The predicted octanol–water partition coefficient (Wildman–Crippen LogP) is 3.09. The molecular formula is C16H28N2O2. The summed E-state index contributed by atoms with van der Waals surface area (Å²) in [6.07, 6.45) is 1.53. The molecule has 0 bridgehead atoms. The van der Waals surface area contributed by atoms with Crippen LogP contribution in [0.4, 0.5) is 0 Å². The lowest BCUT2D eigenvalue weighted by Gasteiger charge is -2.37. The van der Waals surface area contributed by atoms with Crippen molar-refractivity contribution in [2.45, 2.75) is 60.0 Å². The number of nitrogens with two attached hydrogens (primary N) is 1. The van der Waals surface area contributed by atoms with E-state index in [0.29, 0.717) is 13.1 Å². The molecule has 0 unspecified atom stereocenters. The number of carbonyl (C=O) groups excluding carboxylic acids is 1. The standard InChI is InChI=1S/C16H28N2O2/c1-6-16(7-2,11-17)15(19)18(12(3)4)10-14-9-8-13(5)20-14/h8-9,12H,6-7,10-11,17H2,1-5H3. The molecule has 0 fully saturated rings. The second-order valence-corrected chi connectivity index (χ2v) is 5.73. The fourth-order valence-corrected chi connectivity index (χ4v) is 2.46. The minimum absolute atomic E-state index is 0.122. The Kier molecular flexibility index (Phi) is 5.81. The maximum absolute atomic E-state index is 12.9. The molecule has 1 heterocycles. The first-order chi connectivity index (χ1) is 9.40. The molecule has 1 aromatic heterocycles. The average molecular weight is 280 g/mol. The van der Waals surface area contributed by atoms with Gasteiger partial charge in [-0.1, -0.05) is 13.8 Å². The molecular weight excluding hydrogens is 252 g/mol. The van der Waals surface area contributed by atoms with Gasteiger partial charge in [-0.2, -0.15) is 0 Å². The van der Waals surface area contributed by atoms with Crippen LogP contribution in [-0.4, -0.2) is 23.4 Å². The van der Waals surface area contributed by atoms with Gasteiger partial charge in [0.2, 0.25) is 5.91 Å². The molecule has 0 radical (unpaired) electrons. The van der Waals surface area contributed by atoms with Crippen LogP contribution in [0.5, 0.6) is 0 Å². The summed E-state index contributed by atoms with van der Waals surface area (Å²) in [5, 5.41) is 0. The number of nitrogens with zero attached hydrogens (tertiary/aromatic N) is 1. The minimum Gasteiger partial charge on any atom is -0.464 e. The Morgan fingerprint density at radius 1 is 1.35 bits per heavy atom. The second-order valence-electron chi connectivity index (χ2n) is 5.73. The van der Waals surface area contributed by atoms with Crippen LogP contribution in [0.2, 0.25) is 0 Å². The van der Waals surface area contributed by atoms with E-state index in [-0.39, 0.29) is 11.9 Å². The third-order valence-corrected chi connectivity index (χ3v) is 4.20. The molecule has 1 aromatic rings. The van der Waals surface area contributed by atoms with Crippen molar-refractivity contribution in [3.63, 3.8) is 0 Å². The number of rotatable bonds is 7. The van der Waals surface area contributed by atoms with Crippen molar-refractivity contribution in [1.29, 1.82) is 0 Å². The molecule has 0 saturated carbocycles. The average Bonchev–Trinajstić information content (AvgIpc) is 2.83. The van der Waals surface area contributed by atoms with Crippen LogP contribution in [0.3, 0.4) is 0 Å². The van der Waals surface area contributed by atoms with Gasteiger partial charge in [0.15, 0.2) is 0 Å². The molecule has 0 saturated heterocycles. The van der Waals surface area contributed by atoms with E-state index in [2.05, 4.69) is 0 Å². The molecule has 0 spiro atoms. The van der Waals surface area contributed by atoms with E-state index in [1.807, 2.05) is 51.7 Å². The van der Waals surface area contributed by atoms with E-state index in [1.54, 1.807) is 0 Å². The van der Waals surface area contributed by atoms with Gasteiger partial charge in [-0.15, -0.1) is 0 Å². The number of hydrogen-bond donors (Lipinski definition) is 1. The maximum atomic E-state index is 12.9. The molecule has 4 heteroatoms. The van der Waals surface area contributed by atoms with Gasteiger partial charge in [0.25, 0.3) is 0 Å². The van der Waals surface area contributed by atoms with Crippen molar-refractivity contribution in [2.24, 2.45) is 11.1 Å². The first kappa shape index (κ1) is 16.8. The number of aryl methyl sites for hydroxylation is 1. The Labute approximate surface area is 122 Å². The molecule has 0 aliphatic heterocycles. The normalized spacial score (nSPS) is 11.9. The van der Waals surface area contributed by atoms with Gasteiger partial charge in [0.05, 0.1) is 12.0 Å². The zero-order valence-electron chi connectivity index (χ0n) is 13.4. The molecule has 0 aromatic carbocycles. The summed E-state index contributed by atoms with van der Waals surface area (Å²) in [6, 6.07) is 3.98. The highest BCUT2D eigenvalue weighted by Gasteiger charge is 2.37. The summed E-state index contributed by atoms with van der Waals surface area (Å²) in [5.41, 5.74) is 5.44. The zero-order valence-corrected chi connectivity index (χ0v) is 13.4. The van der Waals surface area contributed by atoms with Crippen LogP contribution in [-0.2, 0) is 11.3 Å². The topological polar surface area (TPSA) is 59.5 Å². The predicted molar refractivity (Wildman–Crippen MR) is 81.2 cm³/mol. The lowest BCUT2D eigenvalue weighted by Crippen LogP contribution is -2.49. The fraction of sp³-hybridized carbons (Fsp3) is 0.688. The second kappa shape index (κ2) is 6.93. The van der Waals surface area contributed by atoms with Crippen molar-refractivity contribution in [3.05, 3.63) is 23.7 Å². The SMILES string of the molecule is CCC(CC)(CN)C(=O)N(Cc1ccc(C)o1)C(C)C. The van der Waals surface area contributed by atoms with Crippen molar-refractivity contribution in [1.82, 2.24) is 4.90 Å². The van der Waals surface area contributed by atoms with Crippen molar-refractivity contribution in [3.8, 4) is 0 Å². The summed E-state index contributed by atoms with van der Waals surface area (Å²) in [5.74, 6) is 1.82. The largest absolute Gasteiger partial charge is 0.464 e. The Balaban J connectivity index is 2.98. The molecule has 20 heavy (non-hydrogen) atoms. The maximum Gasteiger partial charge on any atom is 0.230 e. The highest BCUT2D eigenvalue weighted by Crippen LogP contribution is 2.29. The fourth-order valence-electron chi connectivity index (χ4n) is 2.46. The molecule has 0 atom stereocenters. The Morgan fingerprint density at radius 2 is 1.95 bits per heavy atom. The Bertz CT molecular complexity index is 425. The molecule has 2 N–H and O–H groups in total. The van der Waals surface area contributed by atoms with Gasteiger partial charge in [0, 0.05) is 12.6 Å². The quantitative estimate of drug-likeness (QED) is 0.835. The minimum atomic E-state index is -0.452. The molecule has 0 aliphatic carbocycles. The third-order valence-electron chi connectivity index (χ3n) is 4.20. The lowest BCUT2D eigenvalue weighted by atomic mass is 9.80. The summed E-state index contributed by atoms with van der Waals surface area (Å²) in [6.45, 7) is 10.9. The number of carbonyl (C=O) groups is 1. The first-order valence-corrected chi connectivity index (χ1v) is 7.46. The van der Waals surface area contributed by atoms with Gasteiger partial charge >= 0.3 is 0 Å². The first-order valence-electron chi connectivity index (χ1n) is 7.46. The van der Waals surface area contributed by atoms with E-state index in [1.165, 1.54) is 0 Å². The van der Waals surface area contributed by atoms with Crippen LogP contribution in [0, 0.1) is 12.3 Å². The van der Waals surface area contributed by atoms with Crippen LogP contribution < -0.4 is 5.73 Å². The monoisotopic (exact) mass is 280 g/mol. The van der Waals surface area contributed by atoms with Gasteiger partial charge in [0.1, 0.15) is 11.5 Å². The zero-order chi connectivity index (χ0) is 15.3. The molecule has 4 nitrogen and oxygen atoms in total. The van der Waals surface area contributed by atoms with E-state index in [4.69, 9.17) is 10.2 Å².